The van der Waals surface area contributed by atoms with Crippen LogP contribution in [0.5, 0.6) is 0 Å². The first kappa shape index (κ1) is 13.7. The summed E-state index contributed by atoms with van der Waals surface area (Å²) in [6.45, 7) is 2.70. The van der Waals surface area contributed by atoms with E-state index in [1.165, 1.54) is 18.2 Å². The van der Waals surface area contributed by atoms with Gasteiger partial charge in [0.05, 0.1) is 0 Å². The third kappa shape index (κ3) is 3.61. The van der Waals surface area contributed by atoms with Gasteiger partial charge in [0.15, 0.2) is 0 Å². The summed E-state index contributed by atoms with van der Waals surface area (Å²) in [5, 5.41) is 3.25. The highest BCUT2D eigenvalue weighted by Gasteiger charge is 2.15. The van der Waals surface area contributed by atoms with Crippen molar-refractivity contribution in [3.63, 3.8) is 0 Å². The minimum Gasteiger partial charge on any atom is -0.310 e. The van der Waals surface area contributed by atoms with Gasteiger partial charge in [-0.1, -0.05) is 37.3 Å². The molecule has 0 aliphatic rings. The van der Waals surface area contributed by atoms with Gasteiger partial charge in [-0.15, -0.1) is 0 Å². The fourth-order valence-corrected chi connectivity index (χ4v) is 2.20. The van der Waals surface area contributed by atoms with Crippen LogP contribution in [0.2, 0.25) is 0 Å². The normalized spacial score (nSPS) is 12.4. The molecule has 0 heterocycles. The molecule has 0 radical (unpaired) electrons. The van der Waals surface area contributed by atoms with Gasteiger partial charge in [0.25, 0.3) is 0 Å². The highest BCUT2D eigenvalue weighted by molar-refractivity contribution is 5.25. The Hall–Kier alpha value is -1.74. The van der Waals surface area contributed by atoms with Gasteiger partial charge in [-0.25, -0.2) is 8.78 Å². The molecule has 0 amide bonds. The van der Waals surface area contributed by atoms with Crippen molar-refractivity contribution in [1.29, 1.82) is 0 Å². The van der Waals surface area contributed by atoms with Crippen LogP contribution in [-0.4, -0.2) is 6.54 Å². The molecule has 1 unspecified atom stereocenters. The molecular weight excluding hydrogens is 244 g/mol. The van der Waals surface area contributed by atoms with Crippen molar-refractivity contribution in [2.45, 2.75) is 19.4 Å². The predicted molar refractivity (Wildman–Crippen MR) is 72.9 cm³/mol. The first-order valence-corrected chi connectivity index (χ1v) is 6.43. The molecule has 0 spiro atoms. The third-order valence-electron chi connectivity index (χ3n) is 3.06. The van der Waals surface area contributed by atoms with E-state index < -0.39 is 0 Å². The summed E-state index contributed by atoms with van der Waals surface area (Å²) in [7, 11) is 0. The van der Waals surface area contributed by atoms with Crippen LogP contribution in [0.25, 0.3) is 0 Å². The molecule has 0 aromatic heterocycles. The Morgan fingerprint density at radius 3 is 2.53 bits per heavy atom. The monoisotopic (exact) mass is 261 g/mol. The van der Waals surface area contributed by atoms with E-state index in [9.17, 15) is 8.78 Å². The molecule has 100 valence electrons. The third-order valence-corrected chi connectivity index (χ3v) is 3.06. The second-order valence-corrected chi connectivity index (χ2v) is 4.47. The van der Waals surface area contributed by atoms with Crippen LogP contribution in [0.4, 0.5) is 8.78 Å². The molecule has 3 heteroatoms. The minimum atomic E-state index is -0.263. The van der Waals surface area contributed by atoms with Gasteiger partial charge < -0.3 is 5.32 Å². The van der Waals surface area contributed by atoms with Gasteiger partial charge in [0.1, 0.15) is 11.6 Å². The zero-order valence-corrected chi connectivity index (χ0v) is 10.9. The van der Waals surface area contributed by atoms with Crippen LogP contribution in [0, 0.1) is 11.6 Å². The zero-order chi connectivity index (χ0) is 13.7. The van der Waals surface area contributed by atoms with Crippen molar-refractivity contribution in [3.8, 4) is 0 Å². The van der Waals surface area contributed by atoms with E-state index >= 15 is 0 Å². The second kappa shape index (κ2) is 6.43. The number of nitrogens with one attached hydrogen (secondary N) is 1. The van der Waals surface area contributed by atoms with Crippen LogP contribution < -0.4 is 5.32 Å². The van der Waals surface area contributed by atoms with E-state index in [1.54, 1.807) is 18.2 Å². The van der Waals surface area contributed by atoms with Gasteiger partial charge >= 0.3 is 0 Å². The SMILES string of the molecule is CCNC(Cc1cccc(F)c1)c1ccccc1F. The Morgan fingerprint density at radius 2 is 1.84 bits per heavy atom. The quantitative estimate of drug-likeness (QED) is 0.861. The summed E-state index contributed by atoms with van der Waals surface area (Å²) in [4.78, 5) is 0. The molecule has 1 N–H and O–H groups in total. The number of rotatable bonds is 5. The fraction of sp³-hybridized carbons (Fsp3) is 0.250. The van der Waals surface area contributed by atoms with Crippen molar-refractivity contribution in [2.24, 2.45) is 0 Å². The van der Waals surface area contributed by atoms with Crippen molar-refractivity contribution < 1.29 is 8.78 Å². The van der Waals surface area contributed by atoms with Crippen molar-refractivity contribution >= 4 is 0 Å². The Balaban J connectivity index is 2.24. The predicted octanol–water partition coefficient (Wildman–Crippen LogP) is 3.86. The van der Waals surface area contributed by atoms with Crippen LogP contribution in [0.15, 0.2) is 48.5 Å². The van der Waals surface area contributed by atoms with Gasteiger partial charge in [-0.05, 0) is 36.7 Å². The molecule has 0 aliphatic carbocycles. The van der Waals surface area contributed by atoms with E-state index in [4.69, 9.17) is 0 Å². The largest absolute Gasteiger partial charge is 0.310 e. The molecule has 0 fully saturated rings. The first-order valence-electron chi connectivity index (χ1n) is 6.43. The molecule has 0 saturated heterocycles. The lowest BCUT2D eigenvalue weighted by molar-refractivity contribution is 0.509. The number of likely N-dealkylation sites (N-methyl/N-ethyl adjacent to an activating group) is 1. The second-order valence-electron chi connectivity index (χ2n) is 4.47. The number of benzene rings is 2. The van der Waals surface area contributed by atoms with E-state index in [0.29, 0.717) is 12.0 Å². The maximum atomic E-state index is 13.8. The van der Waals surface area contributed by atoms with Crippen LogP contribution in [-0.2, 0) is 6.42 Å². The summed E-state index contributed by atoms with van der Waals surface area (Å²) in [6, 6.07) is 13.0. The maximum absolute atomic E-state index is 13.8. The lowest BCUT2D eigenvalue weighted by Gasteiger charge is -2.19. The van der Waals surface area contributed by atoms with Crippen molar-refractivity contribution in [2.75, 3.05) is 6.54 Å². The molecule has 1 atom stereocenters. The molecule has 0 aliphatic heterocycles. The number of hydrogen-bond acceptors (Lipinski definition) is 1. The summed E-state index contributed by atoms with van der Waals surface area (Å²) in [6.07, 6.45) is 0.562. The minimum absolute atomic E-state index is 0.145. The first-order chi connectivity index (χ1) is 9.20. The highest BCUT2D eigenvalue weighted by Crippen LogP contribution is 2.21. The molecule has 0 saturated carbocycles. The van der Waals surface area contributed by atoms with Gasteiger partial charge in [-0.3, -0.25) is 0 Å². The average molecular weight is 261 g/mol. The van der Waals surface area contributed by atoms with E-state index in [2.05, 4.69) is 5.32 Å². The lowest BCUT2D eigenvalue weighted by atomic mass is 9.98. The highest BCUT2D eigenvalue weighted by atomic mass is 19.1. The molecule has 1 nitrogen and oxygen atoms in total. The maximum Gasteiger partial charge on any atom is 0.127 e. The van der Waals surface area contributed by atoms with Crippen molar-refractivity contribution in [1.82, 2.24) is 5.32 Å². The molecule has 2 aromatic rings. The Bertz CT molecular complexity index is 540. The molecular formula is C16H17F2N. The van der Waals surface area contributed by atoms with Crippen molar-refractivity contribution in [3.05, 3.63) is 71.3 Å². The van der Waals surface area contributed by atoms with E-state index in [-0.39, 0.29) is 17.7 Å². The smallest absolute Gasteiger partial charge is 0.127 e. The summed E-state index contributed by atoms with van der Waals surface area (Å²) < 4.78 is 27.0. The number of hydrogen-bond donors (Lipinski definition) is 1. The summed E-state index contributed by atoms with van der Waals surface area (Å²) in [5.74, 6) is -0.494. The van der Waals surface area contributed by atoms with Gasteiger partial charge in [0.2, 0.25) is 0 Å². The topological polar surface area (TPSA) is 12.0 Å². The Morgan fingerprint density at radius 1 is 1.05 bits per heavy atom. The molecule has 2 aromatic carbocycles. The Kier molecular flexibility index (Phi) is 4.63. The lowest BCUT2D eigenvalue weighted by Crippen LogP contribution is -2.24. The van der Waals surface area contributed by atoms with Crippen LogP contribution in [0.1, 0.15) is 24.1 Å². The molecule has 19 heavy (non-hydrogen) atoms. The van der Waals surface area contributed by atoms with E-state index in [1.807, 2.05) is 19.1 Å². The van der Waals surface area contributed by atoms with Gasteiger partial charge in [0, 0.05) is 11.6 Å². The van der Waals surface area contributed by atoms with Gasteiger partial charge in [-0.2, -0.15) is 0 Å². The molecule has 0 bridgehead atoms. The Labute approximate surface area is 112 Å². The summed E-state index contributed by atoms with van der Waals surface area (Å²) >= 11 is 0. The fourth-order valence-electron chi connectivity index (χ4n) is 2.20. The van der Waals surface area contributed by atoms with Crippen LogP contribution in [0.3, 0.4) is 0 Å². The standard InChI is InChI=1S/C16H17F2N/c1-2-19-16(14-8-3-4-9-15(14)18)11-12-6-5-7-13(17)10-12/h3-10,16,19H,2,11H2,1H3. The zero-order valence-electron chi connectivity index (χ0n) is 10.9. The summed E-state index contributed by atoms with van der Waals surface area (Å²) in [5.41, 5.74) is 1.47. The average Bonchev–Trinajstić information content (AvgIpc) is 2.39. The van der Waals surface area contributed by atoms with E-state index in [0.717, 1.165) is 12.1 Å². The number of halogens is 2. The molecule has 2 rings (SSSR count). The van der Waals surface area contributed by atoms with Crippen LogP contribution >= 0.6 is 0 Å².